The lowest BCUT2D eigenvalue weighted by atomic mass is 10.00. The molecule has 0 bridgehead atoms. The summed E-state index contributed by atoms with van der Waals surface area (Å²) in [6.07, 6.45) is 0. The number of anilines is 1. The third-order valence-corrected chi connectivity index (χ3v) is 4.55. The highest BCUT2D eigenvalue weighted by Crippen LogP contribution is 2.34. The van der Waals surface area contributed by atoms with Crippen LogP contribution in [0.25, 0.3) is 10.2 Å². The monoisotopic (exact) mass is 442 g/mol. The Morgan fingerprint density at radius 1 is 1.12 bits per heavy atom. The summed E-state index contributed by atoms with van der Waals surface area (Å²) in [5, 5.41) is 0.677. The van der Waals surface area contributed by atoms with Crippen molar-refractivity contribution in [3.8, 4) is 0 Å². The number of carbonyl (C=O) groups is 2. The molecule has 26 heavy (non-hydrogen) atoms. The molecule has 0 aliphatic heterocycles. The lowest BCUT2D eigenvalue weighted by Crippen LogP contribution is -2.28. The van der Waals surface area contributed by atoms with E-state index in [1.165, 1.54) is 11.3 Å². The van der Waals surface area contributed by atoms with E-state index in [0.29, 0.717) is 26.2 Å². The fourth-order valence-corrected chi connectivity index (χ4v) is 3.68. The minimum Gasteiger partial charge on any atom is -0.456 e. The Labute approximate surface area is 165 Å². The fourth-order valence-electron chi connectivity index (χ4n) is 2.33. The quantitative estimate of drug-likeness (QED) is 0.547. The maximum absolute atomic E-state index is 12.9. The number of thiazole rings is 1. The van der Waals surface area contributed by atoms with Crippen molar-refractivity contribution in [3.63, 3.8) is 0 Å². The molecule has 0 saturated carbocycles. The van der Waals surface area contributed by atoms with Gasteiger partial charge >= 0.3 is 11.9 Å². The van der Waals surface area contributed by atoms with Crippen molar-refractivity contribution >= 4 is 54.6 Å². The molecule has 0 spiro atoms. The van der Waals surface area contributed by atoms with E-state index in [0.717, 1.165) is 0 Å². The lowest BCUT2D eigenvalue weighted by Gasteiger charge is -2.23. The van der Waals surface area contributed by atoms with E-state index in [2.05, 4.69) is 20.9 Å². The number of halogens is 1. The number of nitrogen functional groups attached to an aromatic ring is 1. The summed E-state index contributed by atoms with van der Waals surface area (Å²) in [5.41, 5.74) is 5.88. The van der Waals surface area contributed by atoms with Crippen molar-refractivity contribution < 1.29 is 19.1 Å². The molecule has 1 heterocycles. The normalized spacial score (nSPS) is 12.3. The van der Waals surface area contributed by atoms with Gasteiger partial charge in [-0.25, -0.2) is 14.6 Å². The highest BCUT2D eigenvalue weighted by Gasteiger charge is 2.30. The second-order valence-corrected chi connectivity index (χ2v) is 9.44. The first-order chi connectivity index (χ1) is 11.8. The number of ether oxygens (including phenoxy) is 2. The molecule has 1 aromatic heterocycles. The van der Waals surface area contributed by atoms with Gasteiger partial charge in [0.2, 0.25) is 0 Å². The zero-order valence-corrected chi connectivity index (χ0v) is 18.1. The first-order valence-corrected chi connectivity index (χ1v) is 10.0. The number of hydrogen-bond donors (Lipinski definition) is 1. The average molecular weight is 443 g/mol. The van der Waals surface area contributed by atoms with E-state index in [-0.39, 0.29) is 11.1 Å². The van der Waals surface area contributed by atoms with Crippen molar-refractivity contribution in [3.05, 3.63) is 22.8 Å². The third-order valence-electron chi connectivity index (χ3n) is 3.16. The van der Waals surface area contributed by atoms with Crippen LogP contribution in [0.5, 0.6) is 0 Å². The van der Waals surface area contributed by atoms with E-state index in [4.69, 9.17) is 15.2 Å². The number of esters is 2. The van der Waals surface area contributed by atoms with Crippen molar-refractivity contribution in [2.24, 2.45) is 0 Å². The molecule has 0 radical (unpaired) electrons. The topological polar surface area (TPSA) is 91.5 Å². The van der Waals surface area contributed by atoms with Crippen LogP contribution in [-0.4, -0.2) is 28.1 Å². The Kier molecular flexibility index (Phi) is 5.68. The number of alkyl halides is 1. The molecule has 0 aliphatic rings. The molecule has 0 saturated heterocycles. The summed E-state index contributed by atoms with van der Waals surface area (Å²) >= 11 is 4.65. The Morgan fingerprint density at radius 2 is 1.65 bits per heavy atom. The molecular formula is C18H23BrN2O4S. The molecule has 0 fully saturated rings. The van der Waals surface area contributed by atoms with E-state index < -0.39 is 23.1 Å². The van der Waals surface area contributed by atoms with Crippen molar-refractivity contribution in [2.75, 3.05) is 5.73 Å². The zero-order chi connectivity index (χ0) is 19.9. The van der Waals surface area contributed by atoms with Gasteiger partial charge in [-0.1, -0.05) is 27.3 Å². The zero-order valence-electron chi connectivity index (χ0n) is 15.7. The number of benzene rings is 1. The molecule has 0 atom stereocenters. The Balaban J connectivity index is 2.73. The summed E-state index contributed by atoms with van der Waals surface area (Å²) in [5.74, 6) is -1.18. The lowest BCUT2D eigenvalue weighted by molar-refractivity contribution is 0.00183. The predicted molar refractivity (Wildman–Crippen MR) is 107 cm³/mol. The number of hydrogen-bond acceptors (Lipinski definition) is 7. The molecule has 2 rings (SSSR count). The van der Waals surface area contributed by atoms with Crippen LogP contribution in [0, 0.1) is 0 Å². The minimum absolute atomic E-state index is 0.153. The molecule has 0 aliphatic carbocycles. The number of rotatable bonds is 3. The van der Waals surface area contributed by atoms with Gasteiger partial charge in [0.15, 0.2) is 5.13 Å². The average Bonchev–Trinajstić information content (AvgIpc) is 2.81. The van der Waals surface area contributed by atoms with Gasteiger partial charge in [-0.15, -0.1) is 0 Å². The fraction of sp³-hybridized carbons (Fsp3) is 0.500. The van der Waals surface area contributed by atoms with E-state index in [1.54, 1.807) is 47.6 Å². The van der Waals surface area contributed by atoms with Crippen LogP contribution in [-0.2, 0) is 14.8 Å². The molecule has 6 nitrogen and oxygen atoms in total. The highest BCUT2D eigenvalue weighted by atomic mass is 79.9. The van der Waals surface area contributed by atoms with Crippen molar-refractivity contribution in [1.29, 1.82) is 0 Å². The van der Waals surface area contributed by atoms with Crippen LogP contribution >= 0.6 is 27.3 Å². The van der Waals surface area contributed by atoms with Gasteiger partial charge in [0.05, 0.1) is 21.3 Å². The van der Waals surface area contributed by atoms with Crippen molar-refractivity contribution in [2.45, 2.75) is 58.1 Å². The van der Waals surface area contributed by atoms with Gasteiger partial charge < -0.3 is 15.2 Å². The van der Waals surface area contributed by atoms with E-state index in [9.17, 15) is 9.59 Å². The second-order valence-electron chi connectivity index (χ2n) is 7.81. The maximum atomic E-state index is 12.9. The van der Waals surface area contributed by atoms with Gasteiger partial charge in [-0.3, -0.25) is 0 Å². The first-order valence-electron chi connectivity index (χ1n) is 8.07. The molecule has 0 amide bonds. The molecule has 2 aromatic rings. The van der Waals surface area contributed by atoms with Crippen LogP contribution in [0.1, 0.15) is 67.8 Å². The summed E-state index contributed by atoms with van der Waals surface area (Å²) in [4.78, 5) is 30.0. The number of carbonyl (C=O) groups excluding carboxylic acids is 2. The smallest absolute Gasteiger partial charge is 0.339 e. The van der Waals surface area contributed by atoms with Crippen LogP contribution in [0.15, 0.2) is 6.07 Å². The molecular weight excluding hydrogens is 420 g/mol. The largest absolute Gasteiger partial charge is 0.456 e. The number of fused-ring (bicyclic) bond motifs is 1. The minimum atomic E-state index is -0.706. The molecule has 142 valence electrons. The summed E-state index contributed by atoms with van der Waals surface area (Å²) in [6, 6.07) is 1.60. The van der Waals surface area contributed by atoms with Crippen LogP contribution in [0.3, 0.4) is 0 Å². The third kappa shape index (κ3) is 4.73. The number of nitrogens with zero attached hydrogens (tertiary/aromatic N) is 1. The molecule has 2 N–H and O–H groups in total. The predicted octanol–water partition coefficient (Wildman–Crippen LogP) is 4.68. The Morgan fingerprint density at radius 3 is 2.15 bits per heavy atom. The van der Waals surface area contributed by atoms with Gasteiger partial charge in [0, 0.05) is 10.9 Å². The Hall–Kier alpha value is -1.67. The van der Waals surface area contributed by atoms with E-state index >= 15 is 0 Å². The summed E-state index contributed by atoms with van der Waals surface area (Å²) < 4.78 is 11.7. The summed E-state index contributed by atoms with van der Waals surface area (Å²) in [7, 11) is 0. The molecule has 1 aromatic carbocycles. The van der Waals surface area contributed by atoms with Crippen molar-refractivity contribution in [1.82, 2.24) is 4.98 Å². The van der Waals surface area contributed by atoms with Crippen LogP contribution in [0.4, 0.5) is 5.13 Å². The van der Waals surface area contributed by atoms with Crippen LogP contribution < -0.4 is 5.73 Å². The molecule has 0 unspecified atom stereocenters. The maximum Gasteiger partial charge on any atom is 0.339 e. The number of nitrogens with two attached hydrogens (primary N) is 1. The van der Waals surface area contributed by atoms with Crippen LogP contribution in [0.2, 0.25) is 0 Å². The van der Waals surface area contributed by atoms with Gasteiger partial charge in [0.1, 0.15) is 11.2 Å². The summed E-state index contributed by atoms with van der Waals surface area (Å²) in [6.45, 7) is 10.6. The Bertz CT molecular complexity index is 863. The molecule has 8 heteroatoms. The number of aromatic nitrogens is 1. The highest BCUT2D eigenvalue weighted by molar-refractivity contribution is 9.08. The van der Waals surface area contributed by atoms with E-state index in [1.807, 2.05) is 0 Å². The van der Waals surface area contributed by atoms with Gasteiger partial charge in [-0.2, -0.15) is 0 Å². The first kappa shape index (κ1) is 20.6. The second kappa shape index (κ2) is 7.15. The standard InChI is InChI=1S/C18H23BrN2O4S/c1-17(2,3)24-14(22)9-7-11-13(21-16(20)26-11)10(8-19)12(9)15(23)25-18(4,5)6/h7H,8H2,1-6H3,(H2,20,21). The van der Waals surface area contributed by atoms with Gasteiger partial charge in [0.25, 0.3) is 0 Å². The SMILES string of the molecule is CC(C)(C)OC(=O)c1cc2sc(N)nc2c(CBr)c1C(=O)OC(C)(C)C. The van der Waals surface area contributed by atoms with Gasteiger partial charge in [-0.05, 0) is 47.6 Å².